The second kappa shape index (κ2) is 60.0. The van der Waals surface area contributed by atoms with Crippen molar-refractivity contribution in [2.24, 2.45) is 0 Å². The first kappa shape index (κ1) is 68.4. The minimum Gasteiger partial charge on any atom is -0.462 e. The van der Waals surface area contributed by atoms with Gasteiger partial charge in [0.15, 0.2) is 6.10 Å². The maximum Gasteiger partial charge on any atom is 0.306 e. The number of carbonyl (C=O) groups is 3. The first-order chi connectivity index (χ1) is 34.5. The monoisotopic (exact) mass is 989 g/mol. The van der Waals surface area contributed by atoms with Crippen molar-refractivity contribution >= 4 is 17.9 Å². The van der Waals surface area contributed by atoms with Gasteiger partial charge in [0.05, 0.1) is 0 Å². The Labute approximate surface area is 438 Å². The Balaban J connectivity index is 3.95. The van der Waals surface area contributed by atoms with Crippen LogP contribution in [0.4, 0.5) is 0 Å². The summed E-state index contributed by atoms with van der Waals surface area (Å²) in [7, 11) is 0. The molecule has 0 fully saturated rings. The highest BCUT2D eigenvalue weighted by atomic mass is 16.6. The van der Waals surface area contributed by atoms with Gasteiger partial charge in [0.2, 0.25) is 0 Å². The quantitative estimate of drug-likeness (QED) is 0.0343. The Morgan fingerprint density at radius 1 is 0.229 bits per heavy atom. The zero-order valence-corrected chi connectivity index (χ0v) is 47.8. The number of unbranched alkanes of at least 4 members (excludes halogenated alkanes) is 49. The summed E-state index contributed by atoms with van der Waals surface area (Å²) in [6.45, 7) is 6.68. The molecular formula is C64H124O6. The molecule has 0 heterocycles. The van der Waals surface area contributed by atoms with E-state index in [-0.39, 0.29) is 31.1 Å². The van der Waals surface area contributed by atoms with Crippen LogP contribution < -0.4 is 0 Å². The lowest BCUT2D eigenvalue weighted by Crippen LogP contribution is -2.30. The average molecular weight is 990 g/mol. The zero-order chi connectivity index (χ0) is 50.7. The lowest BCUT2D eigenvalue weighted by atomic mass is 10.0. The summed E-state index contributed by atoms with van der Waals surface area (Å²) in [6.07, 6.45) is 68.6. The van der Waals surface area contributed by atoms with E-state index in [4.69, 9.17) is 14.2 Å². The lowest BCUT2D eigenvalue weighted by Gasteiger charge is -2.18. The third-order valence-electron chi connectivity index (χ3n) is 14.9. The van der Waals surface area contributed by atoms with E-state index in [1.807, 2.05) is 0 Å². The van der Waals surface area contributed by atoms with Crippen LogP contribution >= 0.6 is 0 Å². The molecular weight excluding hydrogens is 865 g/mol. The predicted molar refractivity (Wildman–Crippen MR) is 303 cm³/mol. The molecule has 0 aliphatic rings. The zero-order valence-electron chi connectivity index (χ0n) is 47.8. The van der Waals surface area contributed by atoms with E-state index in [2.05, 4.69) is 20.8 Å². The van der Waals surface area contributed by atoms with Gasteiger partial charge in [-0.25, -0.2) is 0 Å². The van der Waals surface area contributed by atoms with Crippen LogP contribution in [0.3, 0.4) is 0 Å². The summed E-state index contributed by atoms with van der Waals surface area (Å²) in [5.41, 5.74) is 0. The first-order valence-electron chi connectivity index (χ1n) is 32.0. The molecule has 0 aliphatic carbocycles. The Kier molecular flexibility index (Phi) is 58.6. The summed E-state index contributed by atoms with van der Waals surface area (Å²) in [5.74, 6) is -0.838. The SMILES string of the molecule is CCCCCCCCCCCCCCCCCCCCCCCCCCCCCCCCCC(=O)OCC(COC(=O)CCCCCCCCCCC)OC(=O)CCCCCCCCCCCCCC. The van der Waals surface area contributed by atoms with Crippen LogP contribution in [-0.4, -0.2) is 37.2 Å². The molecule has 0 N–H and O–H groups in total. The maximum atomic E-state index is 12.8. The molecule has 1 unspecified atom stereocenters. The highest BCUT2D eigenvalue weighted by molar-refractivity contribution is 5.71. The van der Waals surface area contributed by atoms with Crippen molar-refractivity contribution in [3.63, 3.8) is 0 Å². The van der Waals surface area contributed by atoms with Crippen LogP contribution in [0.1, 0.15) is 374 Å². The normalized spacial score (nSPS) is 11.9. The van der Waals surface area contributed by atoms with Crippen molar-refractivity contribution in [1.82, 2.24) is 0 Å². The van der Waals surface area contributed by atoms with Gasteiger partial charge in [0.1, 0.15) is 13.2 Å². The molecule has 0 rings (SSSR count). The van der Waals surface area contributed by atoms with Crippen LogP contribution in [0.2, 0.25) is 0 Å². The van der Waals surface area contributed by atoms with Crippen molar-refractivity contribution in [1.29, 1.82) is 0 Å². The molecule has 0 amide bonds. The number of ether oxygens (including phenoxy) is 3. The molecule has 0 aromatic carbocycles. The molecule has 0 saturated carbocycles. The number of esters is 3. The van der Waals surface area contributed by atoms with Crippen LogP contribution in [-0.2, 0) is 28.6 Å². The molecule has 0 bridgehead atoms. The molecule has 416 valence electrons. The smallest absolute Gasteiger partial charge is 0.306 e. The van der Waals surface area contributed by atoms with Crippen molar-refractivity contribution in [3.05, 3.63) is 0 Å². The first-order valence-corrected chi connectivity index (χ1v) is 32.0. The topological polar surface area (TPSA) is 78.9 Å². The molecule has 70 heavy (non-hydrogen) atoms. The van der Waals surface area contributed by atoms with Gasteiger partial charge in [0, 0.05) is 19.3 Å². The second-order valence-electron chi connectivity index (χ2n) is 22.1. The van der Waals surface area contributed by atoms with Crippen molar-refractivity contribution in [2.45, 2.75) is 380 Å². The fourth-order valence-electron chi connectivity index (χ4n) is 10.0. The molecule has 0 saturated heterocycles. The van der Waals surface area contributed by atoms with E-state index in [0.29, 0.717) is 19.3 Å². The molecule has 0 aliphatic heterocycles. The van der Waals surface area contributed by atoms with Crippen LogP contribution in [0.15, 0.2) is 0 Å². The van der Waals surface area contributed by atoms with Crippen molar-refractivity contribution in [2.75, 3.05) is 13.2 Å². The van der Waals surface area contributed by atoms with E-state index < -0.39 is 6.10 Å². The van der Waals surface area contributed by atoms with E-state index in [1.165, 1.54) is 276 Å². The maximum absolute atomic E-state index is 12.8. The summed E-state index contributed by atoms with van der Waals surface area (Å²) in [5, 5.41) is 0. The Bertz CT molecular complexity index is 1040. The third-order valence-corrected chi connectivity index (χ3v) is 14.9. The van der Waals surface area contributed by atoms with Crippen molar-refractivity contribution < 1.29 is 28.6 Å². The summed E-state index contributed by atoms with van der Waals surface area (Å²) in [6, 6.07) is 0. The van der Waals surface area contributed by atoms with E-state index in [9.17, 15) is 14.4 Å². The number of hydrogen-bond donors (Lipinski definition) is 0. The number of carbonyl (C=O) groups excluding carboxylic acids is 3. The molecule has 6 nitrogen and oxygen atoms in total. The number of rotatable bonds is 60. The largest absolute Gasteiger partial charge is 0.462 e. The van der Waals surface area contributed by atoms with Gasteiger partial charge in [-0.3, -0.25) is 14.4 Å². The van der Waals surface area contributed by atoms with E-state index in [0.717, 1.165) is 57.8 Å². The van der Waals surface area contributed by atoms with E-state index in [1.54, 1.807) is 0 Å². The third kappa shape index (κ3) is 57.3. The highest BCUT2D eigenvalue weighted by Crippen LogP contribution is 2.19. The molecule has 0 aromatic heterocycles. The van der Waals surface area contributed by atoms with Crippen molar-refractivity contribution in [3.8, 4) is 0 Å². The van der Waals surface area contributed by atoms with Crippen LogP contribution in [0.5, 0.6) is 0 Å². The van der Waals surface area contributed by atoms with E-state index >= 15 is 0 Å². The van der Waals surface area contributed by atoms with Gasteiger partial charge in [0.25, 0.3) is 0 Å². The summed E-state index contributed by atoms with van der Waals surface area (Å²) in [4.78, 5) is 38.0. The fraction of sp³-hybridized carbons (Fsp3) is 0.953. The Morgan fingerprint density at radius 2 is 0.386 bits per heavy atom. The minimum atomic E-state index is -0.760. The summed E-state index contributed by atoms with van der Waals surface area (Å²) < 4.78 is 16.8. The molecule has 0 radical (unpaired) electrons. The molecule has 0 aromatic rings. The predicted octanol–water partition coefficient (Wildman–Crippen LogP) is 21.5. The van der Waals surface area contributed by atoms with Gasteiger partial charge >= 0.3 is 17.9 Å². The summed E-state index contributed by atoms with van der Waals surface area (Å²) >= 11 is 0. The molecule has 1 atom stereocenters. The highest BCUT2D eigenvalue weighted by Gasteiger charge is 2.19. The lowest BCUT2D eigenvalue weighted by molar-refractivity contribution is -0.167. The van der Waals surface area contributed by atoms with Gasteiger partial charge in [-0.2, -0.15) is 0 Å². The number of hydrogen-bond acceptors (Lipinski definition) is 6. The second-order valence-corrected chi connectivity index (χ2v) is 22.1. The Hall–Kier alpha value is -1.59. The van der Waals surface area contributed by atoms with Gasteiger partial charge < -0.3 is 14.2 Å². The van der Waals surface area contributed by atoms with Gasteiger partial charge in [-0.1, -0.05) is 335 Å². The molecule has 0 spiro atoms. The minimum absolute atomic E-state index is 0.0616. The fourth-order valence-corrected chi connectivity index (χ4v) is 10.0. The van der Waals surface area contributed by atoms with Gasteiger partial charge in [-0.05, 0) is 19.3 Å². The van der Waals surface area contributed by atoms with Gasteiger partial charge in [-0.15, -0.1) is 0 Å². The standard InChI is InChI=1S/C64H124O6/c1-4-7-10-13-16-19-21-23-24-25-26-27-28-29-30-31-32-33-34-35-36-37-38-39-40-41-43-45-48-51-54-57-63(66)69-60-61(59-68-62(65)56-53-50-47-44-18-15-12-9-6-3)70-64(67)58-55-52-49-46-42-22-20-17-14-11-8-5-2/h61H,4-60H2,1-3H3. The Morgan fingerprint density at radius 3 is 0.571 bits per heavy atom. The molecule has 6 heteroatoms. The van der Waals surface area contributed by atoms with Crippen LogP contribution in [0, 0.1) is 0 Å². The average Bonchev–Trinajstić information content (AvgIpc) is 3.36. The van der Waals surface area contributed by atoms with Crippen LogP contribution in [0.25, 0.3) is 0 Å².